The van der Waals surface area contributed by atoms with Gasteiger partial charge in [0.2, 0.25) is 0 Å². The molecule has 3 rings (SSSR count). The predicted octanol–water partition coefficient (Wildman–Crippen LogP) is 5.07. The van der Waals surface area contributed by atoms with Gasteiger partial charge < -0.3 is 4.74 Å². The highest BCUT2D eigenvalue weighted by molar-refractivity contribution is 8.00. The molecular formula is C20H22O2S. The summed E-state index contributed by atoms with van der Waals surface area (Å²) in [6.45, 7) is 2.28. The van der Waals surface area contributed by atoms with Crippen molar-refractivity contribution in [2.24, 2.45) is 0 Å². The lowest BCUT2D eigenvalue weighted by atomic mass is 10.00. The second kappa shape index (κ2) is 7.69. The second-order valence-corrected chi connectivity index (χ2v) is 7.21. The Morgan fingerprint density at radius 3 is 2.87 bits per heavy atom. The quantitative estimate of drug-likeness (QED) is 0.566. The molecule has 0 saturated carbocycles. The van der Waals surface area contributed by atoms with E-state index in [0.29, 0.717) is 11.9 Å². The summed E-state index contributed by atoms with van der Waals surface area (Å²) in [6, 6.07) is 14.5. The van der Waals surface area contributed by atoms with Crippen LogP contribution in [0.5, 0.6) is 0 Å². The van der Waals surface area contributed by atoms with Crippen molar-refractivity contribution in [3.05, 3.63) is 53.6 Å². The molecule has 0 spiro atoms. The van der Waals surface area contributed by atoms with Crippen molar-refractivity contribution < 1.29 is 9.53 Å². The summed E-state index contributed by atoms with van der Waals surface area (Å²) in [6.07, 6.45) is 5.27. The molecule has 1 atom stereocenters. The summed E-state index contributed by atoms with van der Waals surface area (Å²) in [5, 5.41) is 2.91. The fraction of sp³-hybridized carbons (Fsp3) is 0.350. The van der Waals surface area contributed by atoms with Crippen LogP contribution in [0.15, 0.2) is 48.0 Å². The Labute approximate surface area is 141 Å². The molecule has 0 N–H and O–H groups in total. The average molecular weight is 326 g/mol. The van der Waals surface area contributed by atoms with Crippen LogP contribution in [0.2, 0.25) is 0 Å². The Kier molecular flexibility index (Phi) is 5.39. The SMILES string of the molecule is CCOC(=O)C(=Cc1cccc2ccccc12)CC1CCCS1. The van der Waals surface area contributed by atoms with Gasteiger partial charge in [0.05, 0.1) is 6.61 Å². The van der Waals surface area contributed by atoms with Gasteiger partial charge in [0.25, 0.3) is 0 Å². The molecule has 1 fully saturated rings. The molecule has 0 aromatic heterocycles. The zero-order chi connectivity index (χ0) is 16.1. The molecule has 2 aromatic carbocycles. The molecule has 1 unspecified atom stereocenters. The van der Waals surface area contributed by atoms with E-state index in [4.69, 9.17) is 4.74 Å². The van der Waals surface area contributed by atoms with Crippen LogP contribution >= 0.6 is 11.8 Å². The van der Waals surface area contributed by atoms with Crippen LogP contribution in [0, 0.1) is 0 Å². The Bertz CT molecular complexity index is 709. The van der Waals surface area contributed by atoms with Crippen LogP contribution < -0.4 is 0 Å². The molecule has 3 heteroatoms. The van der Waals surface area contributed by atoms with Gasteiger partial charge >= 0.3 is 5.97 Å². The average Bonchev–Trinajstić information content (AvgIpc) is 3.08. The first kappa shape index (κ1) is 16.1. The lowest BCUT2D eigenvalue weighted by Gasteiger charge is -2.12. The van der Waals surface area contributed by atoms with Crippen molar-refractivity contribution in [2.75, 3.05) is 12.4 Å². The van der Waals surface area contributed by atoms with E-state index in [2.05, 4.69) is 24.3 Å². The molecule has 1 aliphatic rings. The van der Waals surface area contributed by atoms with Gasteiger partial charge in [-0.05, 0) is 54.4 Å². The van der Waals surface area contributed by atoms with Crippen molar-refractivity contribution in [1.29, 1.82) is 0 Å². The first-order valence-electron chi connectivity index (χ1n) is 8.25. The molecule has 2 nitrogen and oxygen atoms in total. The van der Waals surface area contributed by atoms with Crippen LogP contribution in [-0.4, -0.2) is 23.6 Å². The minimum absolute atomic E-state index is 0.173. The summed E-state index contributed by atoms with van der Waals surface area (Å²) in [7, 11) is 0. The lowest BCUT2D eigenvalue weighted by molar-refractivity contribution is -0.138. The van der Waals surface area contributed by atoms with Gasteiger partial charge in [-0.25, -0.2) is 4.79 Å². The summed E-state index contributed by atoms with van der Waals surface area (Å²) >= 11 is 1.97. The first-order chi connectivity index (χ1) is 11.3. The maximum Gasteiger partial charge on any atom is 0.334 e. The van der Waals surface area contributed by atoms with Crippen molar-refractivity contribution in [1.82, 2.24) is 0 Å². The number of rotatable bonds is 5. The molecule has 0 amide bonds. The van der Waals surface area contributed by atoms with Gasteiger partial charge in [-0.1, -0.05) is 42.5 Å². The van der Waals surface area contributed by atoms with Gasteiger partial charge in [0.15, 0.2) is 0 Å². The Morgan fingerprint density at radius 2 is 2.09 bits per heavy atom. The summed E-state index contributed by atoms with van der Waals surface area (Å²) in [5.41, 5.74) is 1.89. The van der Waals surface area contributed by atoms with E-state index in [9.17, 15) is 4.79 Å². The van der Waals surface area contributed by atoms with Crippen LogP contribution in [0.3, 0.4) is 0 Å². The molecule has 2 aromatic rings. The zero-order valence-electron chi connectivity index (χ0n) is 13.5. The predicted molar refractivity (Wildman–Crippen MR) is 98.7 cm³/mol. The number of carbonyl (C=O) groups is 1. The van der Waals surface area contributed by atoms with E-state index in [1.54, 1.807) is 0 Å². The molecule has 23 heavy (non-hydrogen) atoms. The number of benzene rings is 2. The monoisotopic (exact) mass is 326 g/mol. The number of carbonyl (C=O) groups excluding carboxylic acids is 1. The van der Waals surface area contributed by atoms with E-state index in [0.717, 1.165) is 17.6 Å². The van der Waals surface area contributed by atoms with Crippen molar-refractivity contribution in [2.45, 2.75) is 31.4 Å². The fourth-order valence-corrected chi connectivity index (χ4v) is 4.34. The normalized spacial score (nSPS) is 18.3. The molecule has 0 aliphatic carbocycles. The van der Waals surface area contributed by atoms with Gasteiger partial charge in [-0.2, -0.15) is 11.8 Å². The van der Waals surface area contributed by atoms with E-state index < -0.39 is 0 Å². The highest BCUT2D eigenvalue weighted by atomic mass is 32.2. The Morgan fingerprint density at radius 1 is 1.26 bits per heavy atom. The van der Waals surface area contributed by atoms with Crippen molar-refractivity contribution in [3.8, 4) is 0 Å². The maximum atomic E-state index is 12.4. The summed E-state index contributed by atoms with van der Waals surface area (Å²) in [4.78, 5) is 12.4. The highest BCUT2D eigenvalue weighted by Crippen LogP contribution is 2.32. The molecule has 0 radical (unpaired) electrons. The van der Waals surface area contributed by atoms with Crippen LogP contribution in [0.25, 0.3) is 16.8 Å². The van der Waals surface area contributed by atoms with Crippen LogP contribution in [0.1, 0.15) is 31.7 Å². The number of hydrogen-bond donors (Lipinski definition) is 0. The largest absolute Gasteiger partial charge is 0.463 e. The van der Waals surface area contributed by atoms with Gasteiger partial charge in [-0.3, -0.25) is 0 Å². The summed E-state index contributed by atoms with van der Waals surface area (Å²) < 4.78 is 5.28. The number of ether oxygens (including phenoxy) is 1. The van der Waals surface area contributed by atoms with Crippen LogP contribution in [0.4, 0.5) is 0 Å². The third-order valence-corrected chi connectivity index (χ3v) is 5.56. The standard InChI is InChI=1S/C20H22O2S/c1-2-22-20(21)17(14-18-10-6-12-23-18)13-16-9-5-8-15-7-3-4-11-19(15)16/h3-5,7-9,11,13,18H,2,6,10,12,14H2,1H3. The Balaban J connectivity index is 1.95. The third-order valence-electron chi connectivity index (χ3n) is 4.16. The number of thioether (sulfide) groups is 1. The van der Waals surface area contributed by atoms with Gasteiger partial charge in [-0.15, -0.1) is 0 Å². The topological polar surface area (TPSA) is 26.3 Å². The minimum atomic E-state index is -0.173. The molecule has 1 aliphatic heterocycles. The van der Waals surface area contributed by atoms with Gasteiger partial charge in [0.1, 0.15) is 0 Å². The second-order valence-electron chi connectivity index (χ2n) is 5.80. The molecule has 120 valence electrons. The van der Waals surface area contributed by atoms with E-state index >= 15 is 0 Å². The number of esters is 1. The maximum absolute atomic E-state index is 12.4. The third kappa shape index (κ3) is 3.97. The molecule has 0 bridgehead atoms. The number of hydrogen-bond acceptors (Lipinski definition) is 3. The zero-order valence-corrected chi connectivity index (χ0v) is 14.3. The fourth-order valence-electron chi connectivity index (χ4n) is 3.04. The Hall–Kier alpha value is -1.74. The van der Waals surface area contributed by atoms with Crippen molar-refractivity contribution in [3.63, 3.8) is 0 Å². The molecule has 1 saturated heterocycles. The number of fused-ring (bicyclic) bond motifs is 1. The summed E-state index contributed by atoms with van der Waals surface area (Å²) in [5.74, 6) is 1.03. The lowest BCUT2D eigenvalue weighted by Crippen LogP contribution is -2.11. The van der Waals surface area contributed by atoms with Gasteiger partial charge in [0, 0.05) is 10.8 Å². The van der Waals surface area contributed by atoms with E-state index in [1.165, 1.54) is 29.4 Å². The molecule has 1 heterocycles. The molecular weight excluding hydrogens is 304 g/mol. The van der Waals surface area contributed by atoms with E-state index in [1.807, 2.05) is 43.0 Å². The van der Waals surface area contributed by atoms with Crippen molar-refractivity contribution >= 4 is 34.6 Å². The first-order valence-corrected chi connectivity index (χ1v) is 9.30. The smallest absolute Gasteiger partial charge is 0.334 e. The van der Waals surface area contributed by atoms with E-state index in [-0.39, 0.29) is 5.97 Å². The minimum Gasteiger partial charge on any atom is -0.463 e. The highest BCUT2D eigenvalue weighted by Gasteiger charge is 2.21. The van der Waals surface area contributed by atoms with Crippen LogP contribution in [-0.2, 0) is 9.53 Å².